The van der Waals surface area contributed by atoms with Crippen molar-refractivity contribution < 1.29 is 9.53 Å². The molecular formula is C22H45N2O2P. The van der Waals surface area contributed by atoms with Gasteiger partial charge in [-0.05, 0) is 65.3 Å². The molecule has 2 unspecified atom stereocenters. The second-order valence-corrected chi connectivity index (χ2v) is 7.96. The van der Waals surface area contributed by atoms with Crippen molar-refractivity contribution in [2.45, 2.75) is 72.1 Å². The number of hydrogen-bond acceptors (Lipinski definition) is 4. The first-order valence-electron chi connectivity index (χ1n) is 11.0. The smallest absolute Gasteiger partial charge is 0.309 e. The molecule has 2 atom stereocenters. The number of hydrogen-bond donors (Lipinski definition) is 0. The van der Waals surface area contributed by atoms with Crippen molar-refractivity contribution >= 4 is 15.2 Å². The summed E-state index contributed by atoms with van der Waals surface area (Å²) in [6, 6.07) is 0. The Hall–Kier alpha value is -0.440. The van der Waals surface area contributed by atoms with Crippen molar-refractivity contribution in [3.63, 3.8) is 0 Å². The minimum Gasteiger partial charge on any atom is -0.461 e. The number of allylic oxidation sites excluding steroid dienone is 1. The lowest BCUT2D eigenvalue weighted by Gasteiger charge is -2.24. The largest absolute Gasteiger partial charge is 0.461 e. The second-order valence-electron chi connectivity index (χ2n) is 7.60. The van der Waals surface area contributed by atoms with Crippen LogP contribution in [0.25, 0.3) is 0 Å². The summed E-state index contributed by atoms with van der Waals surface area (Å²) < 4.78 is 5.40. The Bertz CT molecular complexity index is 377. The van der Waals surface area contributed by atoms with Crippen LogP contribution in [0, 0.1) is 5.92 Å². The molecule has 0 radical (unpaired) electrons. The van der Waals surface area contributed by atoms with Crippen LogP contribution in [0.1, 0.15) is 72.1 Å². The molecule has 0 aromatic heterocycles. The molecule has 5 heteroatoms. The zero-order valence-electron chi connectivity index (χ0n) is 18.4. The standard InChI is InChI=1S/C22H45N2O2P/c1-5-7-8-9-10-11-12-19-26-22(25)21(3)14-18-24(15-6-2)17-13-16-23(4)20-27/h11-12,21H,5-10,13-20,27H2,1-4H3/b12-11-. The lowest BCUT2D eigenvalue weighted by atomic mass is 10.1. The molecular weight excluding hydrogens is 355 g/mol. The Morgan fingerprint density at radius 2 is 1.78 bits per heavy atom. The lowest BCUT2D eigenvalue weighted by molar-refractivity contribution is -0.147. The molecule has 0 aromatic carbocycles. The van der Waals surface area contributed by atoms with E-state index in [4.69, 9.17) is 4.74 Å². The molecule has 0 rings (SSSR count). The average molecular weight is 401 g/mol. The first kappa shape index (κ1) is 26.6. The van der Waals surface area contributed by atoms with Crippen LogP contribution in [-0.4, -0.2) is 61.9 Å². The fourth-order valence-electron chi connectivity index (χ4n) is 2.95. The van der Waals surface area contributed by atoms with Crippen molar-refractivity contribution in [3.8, 4) is 0 Å². The van der Waals surface area contributed by atoms with Crippen molar-refractivity contribution in [1.29, 1.82) is 0 Å². The number of esters is 1. The van der Waals surface area contributed by atoms with Gasteiger partial charge in [0, 0.05) is 6.29 Å². The van der Waals surface area contributed by atoms with Crippen molar-refractivity contribution in [2.75, 3.05) is 46.1 Å². The summed E-state index contributed by atoms with van der Waals surface area (Å²) in [5, 5.41) is 0. The summed E-state index contributed by atoms with van der Waals surface area (Å²) in [6.45, 7) is 11.1. The number of nitrogens with zero attached hydrogens (tertiary/aromatic N) is 2. The number of rotatable bonds is 18. The van der Waals surface area contributed by atoms with Crippen LogP contribution in [-0.2, 0) is 9.53 Å². The van der Waals surface area contributed by atoms with E-state index in [-0.39, 0.29) is 11.9 Å². The van der Waals surface area contributed by atoms with Gasteiger partial charge in [-0.3, -0.25) is 4.79 Å². The van der Waals surface area contributed by atoms with E-state index >= 15 is 0 Å². The van der Waals surface area contributed by atoms with Crippen LogP contribution >= 0.6 is 9.24 Å². The molecule has 0 saturated carbocycles. The number of carbonyl (C=O) groups is 1. The van der Waals surface area contributed by atoms with Gasteiger partial charge in [-0.15, -0.1) is 9.24 Å². The van der Waals surface area contributed by atoms with Gasteiger partial charge in [0.25, 0.3) is 0 Å². The van der Waals surface area contributed by atoms with Gasteiger partial charge in [0.15, 0.2) is 0 Å². The zero-order valence-corrected chi connectivity index (χ0v) is 19.6. The number of carbonyl (C=O) groups excluding carboxylic acids is 1. The van der Waals surface area contributed by atoms with E-state index in [2.05, 4.69) is 46.0 Å². The molecule has 0 aliphatic rings. The third-order valence-electron chi connectivity index (χ3n) is 4.86. The number of ether oxygens (including phenoxy) is 1. The molecule has 160 valence electrons. The SMILES string of the molecule is CCCCCC/C=C\COC(=O)C(C)CCN(CCC)CCCN(C)CP. The third kappa shape index (κ3) is 16.2. The molecule has 0 fully saturated rings. The Balaban J connectivity index is 3.94. The van der Waals surface area contributed by atoms with E-state index in [9.17, 15) is 4.79 Å². The van der Waals surface area contributed by atoms with Gasteiger partial charge in [0.2, 0.25) is 0 Å². The molecule has 0 aliphatic carbocycles. The second kappa shape index (κ2) is 18.9. The monoisotopic (exact) mass is 400 g/mol. The van der Waals surface area contributed by atoms with Gasteiger partial charge >= 0.3 is 5.97 Å². The maximum absolute atomic E-state index is 12.1. The normalized spacial score (nSPS) is 13.0. The topological polar surface area (TPSA) is 32.8 Å². The van der Waals surface area contributed by atoms with Crippen LogP contribution in [0.2, 0.25) is 0 Å². The lowest BCUT2D eigenvalue weighted by Crippen LogP contribution is -2.31. The highest BCUT2D eigenvalue weighted by Crippen LogP contribution is 2.08. The van der Waals surface area contributed by atoms with Gasteiger partial charge in [-0.25, -0.2) is 0 Å². The van der Waals surface area contributed by atoms with Crippen molar-refractivity contribution in [2.24, 2.45) is 5.92 Å². The summed E-state index contributed by atoms with van der Waals surface area (Å²) in [5.41, 5.74) is 0. The van der Waals surface area contributed by atoms with Crippen LogP contribution in [0.15, 0.2) is 12.2 Å². The Morgan fingerprint density at radius 1 is 1.00 bits per heavy atom. The van der Waals surface area contributed by atoms with Gasteiger partial charge in [0.1, 0.15) is 6.61 Å². The number of unbranched alkanes of at least 4 members (excludes halogenated alkanes) is 4. The average Bonchev–Trinajstić information content (AvgIpc) is 2.67. The molecule has 0 spiro atoms. The summed E-state index contributed by atoms with van der Waals surface area (Å²) >= 11 is 0. The molecule has 27 heavy (non-hydrogen) atoms. The van der Waals surface area contributed by atoms with Crippen LogP contribution in [0.3, 0.4) is 0 Å². The maximum atomic E-state index is 12.1. The summed E-state index contributed by atoms with van der Waals surface area (Å²) in [5.74, 6) is -0.0955. The zero-order chi connectivity index (χ0) is 20.3. The molecule has 0 aromatic rings. The Morgan fingerprint density at radius 3 is 2.44 bits per heavy atom. The predicted octanol–water partition coefficient (Wildman–Crippen LogP) is 4.95. The summed E-state index contributed by atoms with van der Waals surface area (Å²) in [6.07, 6.45) is 14.5. The fourth-order valence-corrected chi connectivity index (χ4v) is 3.13. The Kier molecular flexibility index (Phi) is 18.6. The molecule has 0 aliphatic heterocycles. The predicted molar refractivity (Wildman–Crippen MR) is 121 cm³/mol. The van der Waals surface area contributed by atoms with E-state index in [1.165, 1.54) is 32.1 Å². The van der Waals surface area contributed by atoms with Gasteiger partial charge in [-0.1, -0.05) is 52.2 Å². The van der Waals surface area contributed by atoms with E-state index in [1.54, 1.807) is 0 Å². The minimum absolute atomic E-state index is 0.0305. The highest BCUT2D eigenvalue weighted by Gasteiger charge is 2.15. The van der Waals surface area contributed by atoms with Crippen LogP contribution in [0.5, 0.6) is 0 Å². The highest BCUT2D eigenvalue weighted by atomic mass is 31.0. The van der Waals surface area contributed by atoms with E-state index in [0.717, 1.165) is 51.7 Å². The molecule has 0 N–H and O–H groups in total. The van der Waals surface area contributed by atoms with Crippen LogP contribution in [0.4, 0.5) is 0 Å². The fraction of sp³-hybridized carbons (Fsp3) is 0.864. The quantitative estimate of drug-likeness (QED) is 0.141. The maximum Gasteiger partial charge on any atom is 0.309 e. The van der Waals surface area contributed by atoms with E-state index in [0.29, 0.717) is 6.61 Å². The minimum atomic E-state index is -0.0650. The highest BCUT2D eigenvalue weighted by molar-refractivity contribution is 7.16. The molecule has 0 amide bonds. The molecule has 0 bridgehead atoms. The molecule has 4 nitrogen and oxygen atoms in total. The molecule has 0 heterocycles. The summed E-state index contributed by atoms with van der Waals surface area (Å²) in [7, 11) is 4.91. The van der Waals surface area contributed by atoms with Crippen molar-refractivity contribution in [1.82, 2.24) is 9.80 Å². The molecule has 0 saturated heterocycles. The van der Waals surface area contributed by atoms with Crippen molar-refractivity contribution in [3.05, 3.63) is 12.2 Å². The van der Waals surface area contributed by atoms with E-state index in [1.807, 2.05) is 13.0 Å². The first-order chi connectivity index (χ1) is 13.0. The summed E-state index contributed by atoms with van der Waals surface area (Å²) in [4.78, 5) is 16.9. The van der Waals surface area contributed by atoms with Gasteiger partial charge in [-0.2, -0.15) is 0 Å². The van der Waals surface area contributed by atoms with E-state index < -0.39 is 0 Å². The van der Waals surface area contributed by atoms with Crippen LogP contribution < -0.4 is 0 Å². The van der Waals surface area contributed by atoms with Gasteiger partial charge in [0.05, 0.1) is 5.92 Å². The Labute approximate surface area is 171 Å². The third-order valence-corrected chi connectivity index (χ3v) is 5.48. The first-order valence-corrected chi connectivity index (χ1v) is 11.8. The van der Waals surface area contributed by atoms with Gasteiger partial charge < -0.3 is 14.5 Å².